The molecule has 0 amide bonds. The molecule has 1 atom stereocenters. The summed E-state index contributed by atoms with van der Waals surface area (Å²) in [4.78, 5) is 10.5. The van der Waals surface area contributed by atoms with Crippen LogP contribution in [0.15, 0.2) is 23.3 Å². The van der Waals surface area contributed by atoms with Gasteiger partial charge >= 0.3 is 5.97 Å². The van der Waals surface area contributed by atoms with Gasteiger partial charge < -0.3 is 10.8 Å². The van der Waals surface area contributed by atoms with Gasteiger partial charge in [-0.05, 0) is 45.4 Å². The van der Waals surface area contributed by atoms with Crippen LogP contribution < -0.4 is 5.73 Å². The number of hydrogen-bond acceptors (Lipinski definition) is 2. The van der Waals surface area contributed by atoms with Crippen LogP contribution in [0.1, 0.15) is 58.3 Å². The van der Waals surface area contributed by atoms with Gasteiger partial charge in [-0.3, -0.25) is 4.79 Å². The summed E-state index contributed by atoms with van der Waals surface area (Å²) in [6.07, 6.45) is 13.0. The molecule has 0 heterocycles. The summed E-state index contributed by atoms with van der Waals surface area (Å²) in [5.41, 5.74) is 8.61. The number of carboxylic acid groups (broad SMARTS) is 1. The number of carboxylic acids is 1. The molecule has 0 aliphatic heterocycles. The van der Waals surface area contributed by atoms with Crippen molar-refractivity contribution in [2.24, 2.45) is 5.73 Å². The minimum Gasteiger partial charge on any atom is -0.480 e. The van der Waals surface area contributed by atoms with E-state index in [0.29, 0.717) is 6.42 Å². The first-order chi connectivity index (χ1) is 8.61. The zero-order chi connectivity index (χ0) is 13.4. The summed E-state index contributed by atoms with van der Waals surface area (Å²) < 4.78 is 0. The molecule has 3 heteroatoms. The predicted octanol–water partition coefficient (Wildman–Crippen LogP) is 3.41. The van der Waals surface area contributed by atoms with Gasteiger partial charge in [0.25, 0.3) is 0 Å². The topological polar surface area (TPSA) is 63.3 Å². The van der Waals surface area contributed by atoms with Crippen LogP contribution in [-0.4, -0.2) is 17.1 Å². The minimum absolute atomic E-state index is 0.588. The van der Waals surface area contributed by atoms with E-state index in [1.165, 1.54) is 12.8 Å². The molecule has 1 fully saturated rings. The monoisotopic (exact) mass is 251 g/mol. The van der Waals surface area contributed by atoms with Gasteiger partial charge in [-0.25, -0.2) is 0 Å². The number of nitrogens with two attached hydrogens (primary N) is 1. The van der Waals surface area contributed by atoms with Crippen LogP contribution in [-0.2, 0) is 4.79 Å². The molecular weight excluding hydrogens is 226 g/mol. The largest absolute Gasteiger partial charge is 0.480 e. The lowest BCUT2D eigenvalue weighted by Crippen LogP contribution is -2.29. The van der Waals surface area contributed by atoms with Crippen molar-refractivity contribution < 1.29 is 9.90 Å². The highest BCUT2D eigenvalue weighted by Gasteiger charge is 2.13. The third-order valence-electron chi connectivity index (χ3n) is 3.40. The van der Waals surface area contributed by atoms with Crippen LogP contribution >= 0.6 is 0 Å². The first-order valence-electron chi connectivity index (χ1n) is 6.92. The maximum Gasteiger partial charge on any atom is 0.320 e. The fraction of sp³-hybridized carbons (Fsp3) is 0.667. The van der Waals surface area contributed by atoms with Gasteiger partial charge in [0, 0.05) is 0 Å². The van der Waals surface area contributed by atoms with E-state index in [0.717, 1.165) is 32.1 Å². The van der Waals surface area contributed by atoms with Gasteiger partial charge in [-0.15, -0.1) is 0 Å². The Morgan fingerprint density at radius 1 is 1.33 bits per heavy atom. The molecule has 1 unspecified atom stereocenters. The molecule has 0 saturated heterocycles. The molecule has 0 aromatic carbocycles. The number of allylic oxidation sites excluding steroid dienone is 4. The third kappa shape index (κ3) is 6.60. The van der Waals surface area contributed by atoms with Gasteiger partial charge in [0.05, 0.1) is 0 Å². The maximum atomic E-state index is 10.5. The Morgan fingerprint density at radius 3 is 2.67 bits per heavy atom. The molecule has 0 spiro atoms. The first kappa shape index (κ1) is 15.0. The molecule has 0 aromatic heterocycles. The molecule has 1 rings (SSSR count). The fourth-order valence-corrected chi connectivity index (χ4v) is 1.94. The third-order valence-corrected chi connectivity index (χ3v) is 3.40. The van der Waals surface area contributed by atoms with Crippen molar-refractivity contribution in [1.82, 2.24) is 0 Å². The Bertz CT molecular complexity index is 325. The van der Waals surface area contributed by atoms with Crippen LogP contribution in [0.4, 0.5) is 0 Å². The number of aliphatic carboxylic acids is 1. The van der Waals surface area contributed by atoms with E-state index in [1.807, 2.05) is 0 Å². The molecule has 0 radical (unpaired) electrons. The molecule has 0 bridgehead atoms. The average molecular weight is 251 g/mol. The van der Waals surface area contributed by atoms with E-state index in [-0.39, 0.29) is 0 Å². The van der Waals surface area contributed by atoms with Crippen molar-refractivity contribution in [2.75, 3.05) is 0 Å². The van der Waals surface area contributed by atoms with Crippen LogP contribution in [0, 0.1) is 0 Å². The lowest BCUT2D eigenvalue weighted by atomic mass is 10.1. The zero-order valence-corrected chi connectivity index (χ0v) is 11.3. The summed E-state index contributed by atoms with van der Waals surface area (Å²) >= 11 is 0. The summed E-state index contributed by atoms with van der Waals surface area (Å²) in [6, 6.07) is -0.687. The zero-order valence-electron chi connectivity index (χ0n) is 11.3. The number of unbranched alkanes of at least 4 members (excludes halogenated alkanes) is 3. The fourth-order valence-electron chi connectivity index (χ4n) is 1.94. The Morgan fingerprint density at radius 2 is 2.06 bits per heavy atom. The predicted molar refractivity (Wildman–Crippen MR) is 74.4 cm³/mol. The Hall–Kier alpha value is -1.09. The van der Waals surface area contributed by atoms with Crippen LogP contribution in [0.25, 0.3) is 0 Å². The van der Waals surface area contributed by atoms with E-state index in [4.69, 9.17) is 10.8 Å². The number of hydrogen-bond donors (Lipinski definition) is 2. The molecule has 1 aliphatic rings. The van der Waals surface area contributed by atoms with E-state index < -0.39 is 12.0 Å². The lowest BCUT2D eigenvalue weighted by Gasteiger charge is -2.04. The quantitative estimate of drug-likeness (QED) is 0.487. The van der Waals surface area contributed by atoms with Gasteiger partial charge in [-0.1, -0.05) is 36.1 Å². The molecule has 102 valence electrons. The standard InChI is InChI=1S/C15H25NO2/c1-12(13-10-11-13)8-6-4-2-3-5-7-9-14(16)15(17)18/h4,6,14H,2-3,5,7-11,16H2,1H3,(H,17,18)/b6-4+. The molecule has 18 heavy (non-hydrogen) atoms. The molecule has 3 nitrogen and oxygen atoms in total. The summed E-state index contributed by atoms with van der Waals surface area (Å²) in [7, 11) is 0. The van der Waals surface area contributed by atoms with Gasteiger partial charge in [0.1, 0.15) is 6.04 Å². The second kappa shape index (κ2) is 8.09. The van der Waals surface area contributed by atoms with E-state index in [9.17, 15) is 4.79 Å². The second-order valence-electron chi connectivity index (χ2n) is 5.14. The Labute approximate surface area is 110 Å². The van der Waals surface area contributed by atoms with E-state index in [1.54, 1.807) is 11.1 Å². The van der Waals surface area contributed by atoms with Crippen molar-refractivity contribution in [1.29, 1.82) is 0 Å². The van der Waals surface area contributed by atoms with Crippen LogP contribution in [0.2, 0.25) is 0 Å². The summed E-state index contributed by atoms with van der Waals surface area (Å²) in [5.74, 6) is -0.890. The van der Waals surface area contributed by atoms with Crippen molar-refractivity contribution in [2.45, 2.75) is 64.3 Å². The van der Waals surface area contributed by atoms with Crippen LogP contribution in [0.3, 0.4) is 0 Å². The van der Waals surface area contributed by atoms with Crippen molar-refractivity contribution >= 4 is 5.97 Å². The molecule has 0 aromatic rings. The Balaban J connectivity index is 1.93. The average Bonchev–Trinajstić information content (AvgIpc) is 3.15. The highest BCUT2D eigenvalue weighted by Crippen LogP contribution is 2.32. The number of rotatable bonds is 9. The number of carbonyl (C=O) groups is 1. The summed E-state index contributed by atoms with van der Waals surface area (Å²) in [5, 5.41) is 8.62. The van der Waals surface area contributed by atoms with Crippen LogP contribution in [0.5, 0.6) is 0 Å². The minimum atomic E-state index is -0.890. The van der Waals surface area contributed by atoms with E-state index >= 15 is 0 Å². The lowest BCUT2D eigenvalue weighted by molar-refractivity contribution is -0.138. The van der Waals surface area contributed by atoms with Crippen molar-refractivity contribution in [3.05, 3.63) is 23.3 Å². The van der Waals surface area contributed by atoms with Crippen molar-refractivity contribution in [3.8, 4) is 0 Å². The van der Waals surface area contributed by atoms with Crippen molar-refractivity contribution in [3.63, 3.8) is 0 Å². The van der Waals surface area contributed by atoms with Gasteiger partial charge in [-0.2, -0.15) is 0 Å². The highest BCUT2D eigenvalue weighted by atomic mass is 16.4. The van der Waals surface area contributed by atoms with Gasteiger partial charge in [0.15, 0.2) is 0 Å². The van der Waals surface area contributed by atoms with E-state index in [2.05, 4.69) is 19.1 Å². The molecule has 1 saturated carbocycles. The first-order valence-corrected chi connectivity index (χ1v) is 6.92. The molecular formula is C15H25NO2. The summed E-state index contributed by atoms with van der Waals surface area (Å²) in [6.45, 7) is 2.22. The Kier molecular flexibility index (Phi) is 6.73. The van der Waals surface area contributed by atoms with Gasteiger partial charge in [0.2, 0.25) is 0 Å². The smallest absolute Gasteiger partial charge is 0.320 e. The SMILES string of the molecule is CC(C/C=C/CCCCCC(N)C(=O)O)=C1CC1. The normalized spacial score (nSPS) is 16.0. The molecule has 1 aliphatic carbocycles. The second-order valence-corrected chi connectivity index (χ2v) is 5.14. The highest BCUT2D eigenvalue weighted by molar-refractivity contribution is 5.72. The maximum absolute atomic E-state index is 10.5. The molecule has 3 N–H and O–H groups in total.